The summed E-state index contributed by atoms with van der Waals surface area (Å²) in [6.07, 6.45) is 2.31. The van der Waals surface area contributed by atoms with Crippen molar-refractivity contribution < 1.29 is 14.3 Å². The summed E-state index contributed by atoms with van der Waals surface area (Å²) in [5.74, 6) is -0.510. The highest BCUT2D eigenvalue weighted by Crippen LogP contribution is 2.14. The third-order valence-electron chi connectivity index (χ3n) is 3.18. The second-order valence-corrected chi connectivity index (χ2v) is 5.18. The lowest BCUT2D eigenvalue weighted by Gasteiger charge is -2.34. The molecule has 6 nitrogen and oxygen atoms in total. The summed E-state index contributed by atoms with van der Waals surface area (Å²) in [5, 5.41) is 3.23. The van der Waals surface area contributed by atoms with Gasteiger partial charge in [-0.3, -0.25) is 14.6 Å². The summed E-state index contributed by atoms with van der Waals surface area (Å²) in [6, 6.07) is 2.47. The Kier molecular flexibility index (Phi) is 5.52. The number of morpholine rings is 1. The first-order valence-electron chi connectivity index (χ1n) is 6.91. The smallest absolute Gasteiger partial charge is 0.273 e. The average molecular weight is 312 g/mol. The Bertz CT molecular complexity index is 524. The summed E-state index contributed by atoms with van der Waals surface area (Å²) in [4.78, 5) is 30.2. The number of hydrogen-bond acceptors (Lipinski definition) is 4. The topological polar surface area (TPSA) is 71.5 Å². The number of hydrogen-bond donors (Lipinski definition) is 1. The fourth-order valence-corrected chi connectivity index (χ4v) is 2.26. The molecule has 0 saturated carbocycles. The van der Waals surface area contributed by atoms with Crippen LogP contribution >= 0.6 is 11.6 Å². The van der Waals surface area contributed by atoms with Gasteiger partial charge in [-0.05, 0) is 18.6 Å². The predicted octanol–water partition coefficient (Wildman–Crippen LogP) is 1.10. The van der Waals surface area contributed by atoms with Crippen LogP contribution in [0.25, 0.3) is 0 Å². The number of aromatic nitrogens is 1. The normalized spacial score (nSPS) is 18.4. The fraction of sp³-hybridized carbons (Fsp3) is 0.500. The van der Waals surface area contributed by atoms with Gasteiger partial charge in [0.15, 0.2) is 0 Å². The average Bonchev–Trinajstić information content (AvgIpc) is 2.52. The second kappa shape index (κ2) is 7.38. The molecule has 0 radical (unpaired) electrons. The summed E-state index contributed by atoms with van der Waals surface area (Å²) < 4.78 is 5.32. The number of ether oxygens (including phenoxy) is 1. The number of halogens is 1. The molecule has 0 bridgehead atoms. The molecular weight excluding hydrogens is 294 g/mol. The number of nitrogens with zero attached hydrogens (tertiary/aromatic N) is 2. The van der Waals surface area contributed by atoms with Crippen molar-refractivity contribution >= 4 is 23.4 Å². The van der Waals surface area contributed by atoms with Gasteiger partial charge in [0.05, 0.1) is 13.2 Å². The van der Waals surface area contributed by atoms with E-state index in [1.54, 1.807) is 6.07 Å². The Morgan fingerprint density at radius 1 is 1.57 bits per heavy atom. The first kappa shape index (κ1) is 15.7. The second-order valence-electron chi connectivity index (χ2n) is 4.74. The van der Waals surface area contributed by atoms with Crippen LogP contribution in [0.2, 0.25) is 5.02 Å². The highest BCUT2D eigenvalue weighted by molar-refractivity contribution is 6.30. The molecule has 21 heavy (non-hydrogen) atoms. The van der Waals surface area contributed by atoms with Crippen LogP contribution in [0.4, 0.5) is 0 Å². The Morgan fingerprint density at radius 2 is 2.38 bits per heavy atom. The minimum atomic E-state index is -0.626. The van der Waals surface area contributed by atoms with E-state index in [9.17, 15) is 9.59 Å². The third-order valence-corrected chi connectivity index (χ3v) is 3.42. The van der Waals surface area contributed by atoms with Gasteiger partial charge < -0.3 is 15.0 Å². The minimum absolute atomic E-state index is 0.196. The lowest BCUT2D eigenvalue weighted by molar-refractivity contribution is -0.130. The van der Waals surface area contributed by atoms with E-state index >= 15 is 0 Å². The van der Waals surface area contributed by atoms with Crippen molar-refractivity contribution in [3.05, 3.63) is 29.0 Å². The number of pyridine rings is 1. The molecule has 7 heteroatoms. The number of carbonyl (C=O) groups is 2. The van der Waals surface area contributed by atoms with Crippen LogP contribution in [0, 0.1) is 0 Å². The van der Waals surface area contributed by atoms with Gasteiger partial charge >= 0.3 is 0 Å². The Labute approximate surface area is 128 Å². The van der Waals surface area contributed by atoms with Crippen LogP contribution in [-0.2, 0) is 9.53 Å². The van der Waals surface area contributed by atoms with Crippen molar-refractivity contribution in [3.63, 3.8) is 0 Å². The van der Waals surface area contributed by atoms with E-state index in [-0.39, 0.29) is 24.1 Å². The maximum atomic E-state index is 12.5. The van der Waals surface area contributed by atoms with Crippen molar-refractivity contribution in [2.45, 2.75) is 19.4 Å². The largest absolute Gasteiger partial charge is 0.377 e. The predicted molar refractivity (Wildman–Crippen MR) is 78.2 cm³/mol. The van der Waals surface area contributed by atoms with Gasteiger partial charge in [-0.2, -0.15) is 0 Å². The molecule has 2 heterocycles. The molecule has 1 aliphatic heterocycles. The van der Waals surface area contributed by atoms with Gasteiger partial charge in [0.25, 0.3) is 5.91 Å². The van der Waals surface area contributed by atoms with E-state index in [1.807, 2.05) is 6.92 Å². The van der Waals surface area contributed by atoms with E-state index in [0.717, 1.165) is 6.42 Å². The zero-order chi connectivity index (χ0) is 15.2. The van der Waals surface area contributed by atoms with E-state index in [1.165, 1.54) is 17.2 Å². The van der Waals surface area contributed by atoms with Crippen LogP contribution in [0.15, 0.2) is 18.3 Å². The molecule has 0 aromatic carbocycles. The van der Waals surface area contributed by atoms with Crippen molar-refractivity contribution in [2.24, 2.45) is 0 Å². The molecule has 2 rings (SSSR count). The maximum Gasteiger partial charge on any atom is 0.273 e. The molecule has 1 unspecified atom stereocenters. The lowest BCUT2D eigenvalue weighted by atomic mass is 10.2. The molecule has 1 fully saturated rings. The number of nitrogens with one attached hydrogen (secondary N) is 1. The molecule has 1 saturated heterocycles. The van der Waals surface area contributed by atoms with E-state index in [4.69, 9.17) is 16.3 Å². The Morgan fingerprint density at radius 3 is 3.10 bits per heavy atom. The number of amides is 2. The monoisotopic (exact) mass is 311 g/mol. The SMILES string of the molecule is CCCNC(=O)C1COCCN1C(=O)c1cc(Cl)ccn1. The molecule has 1 aliphatic rings. The molecule has 0 aliphatic carbocycles. The van der Waals surface area contributed by atoms with Crippen LogP contribution < -0.4 is 5.32 Å². The number of carbonyl (C=O) groups excluding carboxylic acids is 2. The summed E-state index contributed by atoms with van der Waals surface area (Å²) >= 11 is 5.88. The third kappa shape index (κ3) is 3.92. The molecule has 1 atom stereocenters. The van der Waals surface area contributed by atoms with Gasteiger partial charge in [-0.1, -0.05) is 18.5 Å². The summed E-state index contributed by atoms with van der Waals surface area (Å²) in [6.45, 7) is 3.51. The molecule has 1 aromatic rings. The van der Waals surface area contributed by atoms with E-state index in [0.29, 0.717) is 24.7 Å². The quantitative estimate of drug-likeness (QED) is 0.904. The zero-order valence-corrected chi connectivity index (χ0v) is 12.6. The van der Waals surface area contributed by atoms with Crippen LogP contribution in [0.5, 0.6) is 0 Å². The minimum Gasteiger partial charge on any atom is -0.377 e. The van der Waals surface area contributed by atoms with Crippen molar-refractivity contribution in [1.82, 2.24) is 15.2 Å². The first-order chi connectivity index (χ1) is 10.1. The van der Waals surface area contributed by atoms with Crippen LogP contribution in [-0.4, -0.2) is 54.0 Å². The molecule has 1 aromatic heterocycles. The van der Waals surface area contributed by atoms with Crippen molar-refractivity contribution in [3.8, 4) is 0 Å². The van der Waals surface area contributed by atoms with Gasteiger partial charge in [0.1, 0.15) is 11.7 Å². The fourth-order valence-electron chi connectivity index (χ4n) is 2.10. The van der Waals surface area contributed by atoms with Gasteiger partial charge in [-0.25, -0.2) is 0 Å². The maximum absolute atomic E-state index is 12.5. The number of rotatable bonds is 4. The van der Waals surface area contributed by atoms with Gasteiger partial charge in [-0.15, -0.1) is 0 Å². The molecular formula is C14H18ClN3O3. The molecule has 1 N–H and O–H groups in total. The molecule has 114 valence electrons. The lowest BCUT2D eigenvalue weighted by Crippen LogP contribution is -2.56. The molecule has 2 amide bonds. The summed E-state index contributed by atoms with van der Waals surface area (Å²) in [7, 11) is 0. The zero-order valence-electron chi connectivity index (χ0n) is 11.8. The van der Waals surface area contributed by atoms with Crippen LogP contribution in [0.1, 0.15) is 23.8 Å². The highest BCUT2D eigenvalue weighted by atomic mass is 35.5. The molecule has 0 spiro atoms. The Hall–Kier alpha value is -1.66. The summed E-state index contributed by atoms with van der Waals surface area (Å²) in [5.41, 5.74) is 0.234. The highest BCUT2D eigenvalue weighted by Gasteiger charge is 2.33. The van der Waals surface area contributed by atoms with Crippen molar-refractivity contribution in [1.29, 1.82) is 0 Å². The first-order valence-corrected chi connectivity index (χ1v) is 7.29. The van der Waals surface area contributed by atoms with E-state index in [2.05, 4.69) is 10.3 Å². The van der Waals surface area contributed by atoms with E-state index < -0.39 is 6.04 Å². The van der Waals surface area contributed by atoms with Crippen LogP contribution in [0.3, 0.4) is 0 Å². The van der Waals surface area contributed by atoms with Crippen molar-refractivity contribution in [2.75, 3.05) is 26.3 Å². The van der Waals surface area contributed by atoms with Gasteiger partial charge in [0.2, 0.25) is 5.91 Å². The van der Waals surface area contributed by atoms with Gasteiger partial charge in [0, 0.05) is 24.3 Å². The Balaban J connectivity index is 2.14. The standard InChI is InChI=1S/C14H18ClN3O3/c1-2-4-17-13(19)12-9-21-7-6-18(12)14(20)11-8-10(15)3-5-16-11/h3,5,8,12H,2,4,6-7,9H2,1H3,(H,17,19).